The number of ether oxygens (including phenoxy) is 1. The van der Waals surface area contributed by atoms with E-state index in [2.05, 4.69) is 5.32 Å². The molecular formula is C45H36ClN3O6. The van der Waals surface area contributed by atoms with Gasteiger partial charge in [0.1, 0.15) is 11.5 Å². The highest BCUT2D eigenvalue weighted by atomic mass is 35.5. The molecule has 6 atom stereocenters. The summed E-state index contributed by atoms with van der Waals surface area (Å²) in [5.74, 6) is -5.06. The maximum atomic E-state index is 15.4. The molecule has 0 bridgehead atoms. The third kappa shape index (κ3) is 5.28. The summed E-state index contributed by atoms with van der Waals surface area (Å²) in [6.45, 7) is 0. The van der Waals surface area contributed by atoms with Crippen LogP contribution in [-0.4, -0.2) is 35.8 Å². The first-order valence-corrected chi connectivity index (χ1v) is 18.7. The second-order valence-electron chi connectivity index (χ2n) is 14.6. The summed E-state index contributed by atoms with van der Waals surface area (Å²) in [5, 5.41) is 15.4. The average molecular weight is 750 g/mol. The first-order valence-electron chi connectivity index (χ1n) is 18.3. The summed E-state index contributed by atoms with van der Waals surface area (Å²) < 4.78 is 5.63. The summed E-state index contributed by atoms with van der Waals surface area (Å²) in [6, 6.07) is 37.6. The van der Waals surface area contributed by atoms with Crippen LogP contribution in [0.4, 0.5) is 22.7 Å². The van der Waals surface area contributed by atoms with Gasteiger partial charge in [-0.05, 0) is 97.1 Å². The van der Waals surface area contributed by atoms with Crippen molar-refractivity contribution in [1.82, 2.24) is 0 Å². The number of para-hydroxylation sites is 1. The minimum atomic E-state index is -1.52. The molecule has 2 saturated heterocycles. The highest BCUT2D eigenvalue weighted by Gasteiger charge is 2.70. The van der Waals surface area contributed by atoms with Gasteiger partial charge in [0.25, 0.3) is 0 Å². The van der Waals surface area contributed by atoms with Gasteiger partial charge in [-0.2, -0.15) is 0 Å². The Balaban J connectivity index is 1.18. The predicted octanol–water partition coefficient (Wildman–Crippen LogP) is 8.16. The van der Waals surface area contributed by atoms with Crippen molar-refractivity contribution in [3.8, 4) is 11.5 Å². The van der Waals surface area contributed by atoms with Gasteiger partial charge in [-0.15, -0.1) is 0 Å². The number of nitrogens with zero attached hydrogens (tertiary/aromatic N) is 2. The lowest BCUT2D eigenvalue weighted by atomic mass is 9.49. The number of aromatic hydroxyl groups is 1. The normalized spacial score (nSPS) is 25.6. The van der Waals surface area contributed by atoms with Gasteiger partial charge in [-0.25, -0.2) is 4.90 Å². The molecular weight excluding hydrogens is 714 g/mol. The van der Waals surface area contributed by atoms with Crippen molar-refractivity contribution in [3.63, 3.8) is 0 Å². The first-order chi connectivity index (χ1) is 26.7. The van der Waals surface area contributed by atoms with Gasteiger partial charge in [0.2, 0.25) is 23.6 Å². The van der Waals surface area contributed by atoms with Crippen LogP contribution in [-0.2, 0) is 24.6 Å². The quantitative estimate of drug-likeness (QED) is 0.127. The number of anilines is 4. The van der Waals surface area contributed by atoms with Gasteiger partial charge in [-0.3, -0.25) is 24.1 Å². The number of amides is 4. The van der Waals surface area contributed by atoms with Crippen LogP contribution in [0.15, 0.2) is 139 Å². The lowest BCUT2D eigenvalue weighted by Crippen LogP contribution is -2.53. The second kappa shape index (κ2) is 13.3. The second-order valence-corrected chi connectivity index (χ2v) is 15.0. The van der Waals surface area contributed by atoms with Crippen LogP contribution in [0.25, 0.3) is 0 Å². The van der Waals surface area contributed by atoms with Crippen LogP contribution in [0.5, 0.6) is 11.5 Å². The minimum absolute atomic E-state index is 0.0790. The topological polar surface area (TPSA) is 116 Å². The molecule has 3 fully saturated rings. The Bertz CT molecular complexity index is 2400. The molecule has 274 valence electrons. The van der Waals surface area contributed by atoms with E-state index in [-0.39, 0.29) is 30.4 Å². The molecule has 9 rings (SSSR count). The van der Waals surface area contributed by atoms with E-state index in [4.69, 9.17) is 16.3 Å². The van der Waals surface area contributed by atoms with E-state index in [0.717, 1.165) is 16.9 Å². The third-order valence-electron chi connectivity index (χ3n) is 11.9. The molecule has 55 heavy (non-hydrogen) atoms. The highest BCUT2D eigenvalue weighted by molar-refractivity contribution is 6.32. The van der Waals surface area contributed by atoms with Gasteiger partial charge in [-0.1, -0.05) is 77.8 Å². The number of hydrogen-bond acceptors (Lipinski definition) is 7. The summed E-state index contributed by atoms with van der Waals surface area (Å²) in [6.07, 6.45) is 2.36. The molecule has 2 aliphatic carbocycles. The fourth-order valence-electron chi connectivity index (χ4n) is 9.62. The molecule has 4 amide bonds. The Kier molecular flexibility index (Phi) is 8.35. The molecule has 9 nitrogen and oxygen atoms in total. The number of fused-ring (bicyclic) bond motifs is 4. The number of nitrogens with one attached hydrogen (secondary N) is 1. The maximum Gasteiger partial charge on any atom is 0.246 e. The summed E-state index contributed by atoms with van der Waals surface area (Å²) in [5.41, 5.74) is 2.72. The zero-order valence-corrected chi connectivity index (χ0v) is 30.5. The van der Waals surface area contributed by atoms with E-state index in [9.17, 15) is 19.5 Å². The monoisotopic (exact) mass is 749 g/mol. The Labute approximate surface area is 322 Å². The van der Waals surface area contributed by atoms with E-state index in [0.29, 0.717) is 33.3 Å². The Morgan fingerprint density at radius 1 is 0.727 bits per heavy atom. The number of allylic oxidation sites excluding steroid dienone is 2. The van der Waals surface area contributed by atoms with Crippen LogP contribution in [0.2, 0.25) is 5.02 Å². The fourth-order valence-corrected chi connectivity index (χ4v) is 9.80. The SMILES string of the molecule is COc1ccc(O)c([C@H]2C3=CC[C@@H]4C(=O)N(c5ccc(Nc6ccccc6)cc5)C(=O)[C@@H]4[C@@H]3C[C@H]3C(=O)N(c4cccc(Cl)c4)C(=O)[C@@]23c2ccccc2)c1. The van der Waals surface area contributed by atoms with Crippen LogP contribution < -0.4 is 19.9 Å². The van der Waals surface area contributed by atoms with Crippen molar-refractivity contribution >= 4 is 58.0 Å². The number of methoxy groups -OCH3 is 1. The van der Waals surface area contributed by atoms with Crippen molar-refractivity contribution in [1.29, 1.82) is 0 Å². The summed E-state index contributed by atoms with van der Waals surface area (Å²) in [7, 11) is 1.52. The van der Waals surface area contributed by atoms with Crippen LogP contribution in [0.1, 0.15) is 29.9 Å². The van der Waals surface area contributed by atoms with Crippen LogP contribution in [0, 0.1) is 23.7 Å². The zero-order valence-electron chi connectivity index (χ0n) is 29.8. The molecule has 0 unspecified atom stereocenters. The van der Waals surface area contributed by atoms with Crippen LogP contribution >= 0.6 is 11.6 Å². The van der Waals surface area contributed by atoms with Gasteiger partial charge >= 0.3 is 0 Å². The van der Waals surface area contributed by atoms with E-state index in [1.54, 1.807) is 48.5 Å². The van der Waals surface area contributed by atoms with Gasteiger partial charge < -0.3 is 15.2 Å². The Morgan fingerprint density at radius 3 is 2.15 bits per heavy atom. The fraction of sp³-hybridized carbons (Fsp3) is 0.200. The average Bonchev–Trinajstić information content (AvgIpc) is 3.60. The van der Waals surface area contributed by atoms with E-state index in [1.807, 2.05) is 78.9 Å². The molecule has 4 aliphatic rings. The molecule has 1 saturated carbocycles. The number of hydrogen-bond donors (Lipinski definition) is 2. The van der Waals surface area contributed by atoms with E-state index >= 15 is 4.79 Å². The highest BCUT2D eigenvalue weighted by Crippen LogP contribution is 2.65. The lowest BCUT2D eigenvalue weighted by Gasteiger charge is -2.50. The molecule has 10 heteroatoms. The standard InChI is InChI=1S/C45H36ClN3O6/c1-55-32-19-22-38(50)36(24-32)40-33-20-21-34-39(43(53)48(41(34)51)30-17-15-29(16-18-30)47-28-12-6-3-7-13-28)35(33)25-37-42(52)49(31-14-8-11-27(46)23-31)44(54)45(37,40)26-9-4-2-5-10-26/h2-20,22-24,34-35,37,39-40,47,50H,21,25H2,1H3/t34-,35+,37-,39-,40+,45+/m0/s1. The van der Waals surface area contributed by atoms with Crippen molar-refractivity contribution in [2.24, 2.45) is 23.7 Å². The summed E-state index contributed by atoms with van der Waals surface area (Å²) >= 11 is 6.42. The molecule has 2 heterocycles. The minimum Gasteiger partial charge on any atom is -0.508 e. The molecule has 2 N–H and O–H groups in total. The first kappa shape index (κ1) is 34.6. The number of halogens is 1. The number of carbonyl (C=O) groups excluding carboxylic acids is 4. The Morgan fingerprint density at radius 2 is 1.44 bits per heavy atom. The molecule has 5 aromatic carbocycles. The third-order valence-corrected chi connectivity index (χ3v) is 12.1. The van der Waals surface area contributed by atoms with E-state index in [1.165, 1.54) is 23.0 Å². The zero-order chi connectivity index (χ0) is 38.0. The lowest BCUT2D eigenvalue weighted by molar-refractivity contribution is -0.127. The maximum absolute atomic E-state index is 15.4. The van der Waals surface area contributed by atoms with Crippen LogP contribution in [0.3, 0.4) is 0 Å². The van der Waals surface area contributed by atoms with Gasteiger partial charge in [0, 0.05) is 27.9 Å². The van der Waals surface area contributed by atoms with Crippen molar-refractivity contribution in [2.75, 3.05) is 22.2 Å². The molecule has 5 aromatic rings. The number of phenols is 1. The smallest absolute Gasteiger partial charge is 0.246 e. The molecule has 0 radical (unpaired) electrons. The summed E-state index contributed by atoms with van der Waals surface area (Å²) in [4.78, 5) is 61.8. The predicted molar refractivity (Wildman–Crippen MR) is 209 cm³/mol. The van der Waals surface area contributed by atoms with Crippen molar-refractivity contribution in [2.45, 2.75) is 24.2 Å². The molecule has 2 aliphatic heterocycles. The number of phenolic OH excluding ortho intramolecular Hbond substituents is 1. The number of carbonyl (C=O) groups is 4. The van der Waals surface area contributed by atoms with Crippen molar-refractivity contribution < 1.29 is 29.0 Å². The molecule has 0 aromatic heterocycles. The van der Waals surface area contributed by atoms with Gasteiger partial charge in [0.05, 0.1) is 41.7 Å². The largest absolute Gasteiger partial charge is 0.508 e. The number of benzene rings is 5. The molecule has 0 spiro atoms. The number of rotatable bonds is 7. The van der Waals surface area contributed by atoms with E-state index < -0.39 is 46.8 Å². The number of imide groups is 2. The van der Waals surface area contributed by atoms with Gasteiger partial charge in [0.15, 0.2) is 0 Å². The van der Waals surface area contributed by atoms with Crippen molar-refractivity contribution in [3.05, 3.63) is 155 Å². The Hall–Kier alpha value is -6.19.